The zero-order chi connectivity index (χ0) is 9.68. The molecule has 0 fully saturated rings. The van der Waals surface area contributed by atoms with Crippen LogP contribution in [0.5, 0.6) is 0 Å². The van der Waals surface area contributed by atoms with E-state index in [4.69, 9.17) is 5.11 Å². The van der Waals surface area contributed by atoms with Crippen molar-refractivity contribution in [2.24, 2.45) is 5.92 Å². The van der Waals surface area contributed by atoms with Gasteiger partial charge in [-0.1, -0.05) is 20.3 Å². The van der Waals surface area contributed by atoms with Crippen LogP contribution in [0.2, 0.25) is 0 Å². The van der Waals surface area contributed by atoms with Crippen molar-refractivity contribution in [3.8, 4) is 0 Å². The molecule has 0 aromatic carbocycles. The van der Waals surface area contributed by atoms with E-state index < -0.39 is 0 Å². The van der Waals surface area contributed by atoms with Crippen LogP contribution in [0.3, 0.4) is 0 Å². The van der Waals surface area contributed by atoms with Gasteiger partial charge in [0.15, 0.2) is 0 Å². The fraction of sp³-hybridized carbons (Fsp3) is 0.700. The van der Waals surface area contributed by atoms with Crippen LogP contribution in [-0.4, -0.2) is 21.3 Å². The highest BCUT2D eigenvalue weighted by atomic mass is 16.3. The van der Waals surface area contributed by atoms with Crippen molar-refractivity contribution in [2.75, 3.05) is 6.61 Å². The van der Waals surface area contributed by atoms with E-state index in [0.29, 0.717) is 5.92 Å². The van der Waals surface area contributed by atoms with Crippen molar-refractivity contribution >= 4 is 0 Å². The molecule has 3 nitrogen and oxygen atoms in total. The summed E-state index contributed by atoms with van der Waals surface area (Å²) in [6, 6.07) is 0. The fourth-order valence-corrected chi connectivity index (χ4v) is 1.31. The average Bonchev–Trinajstić information content (AvgIpc) is 2.53. The normalized spacial score (nSPS) is 13.2. The first kappa shape index (κ1) is 10.3. The maximum Gasteiger partial charge on any atom is 0.0949 e. The molecule has 1 aromatic heterocycles. The summed E-state index contributed by atoms with van der Waals surface area (Å²) in [6.45, 7) is 5.27. The summed E-state index contributed by atoms with van der Waals surface area (Å²) in [5.74, 6) is 0.309. The molecule has 74 valence electrons. The number of aliphatic hydroxyl groups excluding tert-OH is 1. The molecule has 0 saturated carbocycles. The molecule has 1 rings (SSSR count). The van der Waals surface area contributed by atoms with E-state index in [-0.39, 0.29) is 6.61 Å². The Kier molecular flexibility index (Phi) is 3.96. The fourth-order valence-electron chi connectivity index (χ4n) is 1.31. The van der Waals surface area contributed by atoms with E-state index in [2.05, 4.69) is 18.1 Å². The van der Waals surface area contributed by atoms with E-state index in [1.807, 2.05) is 17.8 Å². The summed E-state index contributed by atoms with van der Waals surface area (Å²) in [7, 11) is 0. The van der Waals surface area contributed by atoms with Crippen LogP contribution in [0, 0.1) is 5.92 Å². The monoisotopic (exact) mass is 182 g/mol. The van der Waals surface area contributed by atoms with Gasteiger partial charge in [0.05, 0.1) is 12.0 Å². The Morgan fingerprint density at radius 1 is 1.62 bits per heavy atom. The summed E-state index contributed by atoms with van der Waals surface area (Å²) in [5.41, 5.74) is 1.15. The van der Waals surface area contributed by atoms with E-state index in [9.17, 15) is 0 Å². The van der Waals surface area contributed by atoms with Gasteiger partial charge in [0.2, 0.25) is 0 Å². The van der Waals surface area contributed by atoms with Gasteiger partial charge < -0.3 is 9.67 Å². The van der Waals surface area contributed by atoms with Gasteiger partial charge in [-0.15, -0.1) is 0 Å². The third kappa shape index (κ3) is 3.19. The number of imidazole rings is 1. The minimum Gasteiger partial charge on any atom is -0.396 e. The lowest BCUT2D eigenvalue weighted by molar-refractivity contribution is 0.223. The third-order valence-corrected chi connectivity index (χ3v) is 2.03. The maximum absolute atomic E-state index is 8.87. The first-order valence-electron chi connectivity index (χ1n) is 4.87. The highest BCUT2D eigenvalue weighted by molar-refractivity contribution is 4.96. The van der Waals surface area contributed by atoms with E-state index in [1.54, 1.807) is 0 Å². The molecule has 0 aliphatic heterocycles. The average molecular weight is 182 g/mol. The summed E-state index contributed by atoms with van der Waals surface area (Å²) >= 11 is 0. The van der Waals surface area contributed by atoms with Crippen molar-refractivity contribution < 1.29 is 5.11 Å². The molecular weight excluding hydrogens is 164 g/mol. The van der Waals surface area contributed by atoms with Crippen molar-refractivity contribution in [1.82, 2.24) is 9.55 Å². The first-order valence-corrected chi connectivity index (χ1v) is 4.87. The SMILES string of the molecule is CCCc1cn(C[C@H](C)CO)cn1. The molecule has 1 heterocycles. The predicted octanol–water partition coefficient (Wildman–Crippen LogP) is 1.46. The van der Waals surface area contributed by atoms with Crippen LogP contribution in [0.4, 0.5) is 0 Å². The summed E-state index contributed by atoms with van der Waals surface area (Å²) < 4.78 is 2.05. The number of aliphatic hydroxyl groups is 1. The van der Waals surface area contributed by atoms with Crippen LogP contribution < -0.4 is 0 Å². The molecule has 0 amide bonds. The maximum atomic E-state index is 8.87. The van der Waals surface area contributed by atoms with Gasteiger partial charge in [-0.25, -0.2) is 4.98 Å². The van der Waals surface area contributed by atoms with Crippen LogP contribution in [0.15, 0.2) is 12.5 Å². The van der Waals surface area contributed by atoms with Gasteiger partial charge >= 0.3 is 0 Å². The quantitative estimate of drug-likeness (QED) is 0.748. The highest BCUT2D eigenvalue weighted by Gasteiger charge is 2.02. The molecule has 13 heavy (non-hydrogen) atoms. The largest absolute Gasteiger partial charge is 0.396 e. The number of aryl methyl sites for hydroxylation is 1. The number of nitrogens with zero attached hydrogens (tertiary/aromatic N) is 2. The van der Waals surface area contributed by atoms with Crippen LogP contribution in [-0.2, 0) is 13.0 Å². The standard InChI is InChI=1S/C10H18N2O/c1-3-4-10-6-12(8-11-10)5-9(2)7-13/h6,8-9,13H,3-5,7H2,1-2H3/t9-/m0/s1. The smallest absolute Gasteiger partial charge is 0.0949 e. The second kappa shape index (κ2) is 5.02. The molecule has 0 radical (unpaired) electrons. The third-order valence-electron chi connectivity index (χ3n) is 2.03. The van der Waals surface area contributed by atoms with Gasteiger partial charge in [-0.2, -0.15) is 0 Å². The molecule has 0 spiro atoms. The Bertz CT molecular complexity index is 245. The van der Waals surface area contributed by atoms with E-state index in [1.165, 1.54) is 0 Å². The predicted molar refractivity (Wildman–Crippen MR) is 52.5 cm³/mol. The Morgan fingerprint density at radius 2 is 2.38 bits per heavy atom. The van der Waals surface area contributed by atoms with E-state index >= 15 is 0 Å². The lowest BCUT2D eigenvalue weighted by atomic mass is 10.2. The second-order valence-electron chi connectivity index (χ2n) is 3.60. The van der Waals surface area contributed by atoms with Crippen molar-refractivity contribution in [3.63, 3.8) is 0 Å². The molecule has 1 atom stereocenters. The van der Waals surface area contributed by atoms with Crippen LogP contribution >= 0.6 is 0 Å². The van der Waals surface area contributed by atoms with E-state index in [0.717, 1.165) is 25.1 Å². The van der Waals surface area contributed by atoms with Crippen molar-refractivity contribution in [3.05, 3.63) is 18.2 Å². The van der Waals surface area contributed by atoms with Gasteiger partial charge in [-0.3, -0.25) is 0 Å². The molecular formula is C10H18N2O. The van der Waals surface area contributed by atoms with Crippen molar-refractivity contribution in [2.45, 2.75) is 33.2 Å². The van der Waals surface area contributed by atoms with Gasteiger partial charge in [0.25, 0.3) is 0 Å². The number of hydrogen-bond acceptors (Lipinski definition) is 2. The Labute approximate surface area is 79.4 Å². The van der Waals surface area contributed by atoms with Gasteiger partial charge in [0.1, 0.15) is 0 Å². The van der Waals surface area contributed by atoms with Gasteiger partial charge in [-0.05, 0) is 12.3 Å². The lowest BCUT2D eigenvalue weighted by Gasteiger charge is -2.07. The zero-order valence-corrected chi connectivity index (χ0v) is 8.40. The Morgan fingerprint density at radius 3 is 3.00 bits per heavy atom. The molecule has 1 aromatic rings. The lowest BCUT2D eigenvalue weighted by Crippen LogP contribution is -2.09. The molecule has 3 heteroatoms. The minimum atomic E-state index is 0.237. The summed E-state index contributed by atoms with van der Waals surface area (Å²) in [6.07, 6.45) is 6.08. The highest BCUT2D eigenvalue weighted by Crippen LogP contribution is 2.03. The molecule has 0 aliphatic rings. The topological polar surface area (TPSA) is 38.0 Å². The number of rotatable bonds is 5. The zero-order valence-electron chi connectivity index (χ0n) is 8.40. The summed E-state index contributed by atoms with van der Waals surface area (Å²) in [4.78, 5) is 4.27. The minimum absolute atomic E-state index is 0.237. The molecule has 1 N–H and O–H groups in total. The van der Waals surface area contributed by atoms with Crippen molar-refractivity contribution in [1.29, 1.82) is 0 Å². The molecule has 0 unspecified atom stereocenters. The molecule has 0 aliphatic carbocycles. The first-order chi connectivity index (χ1) is 6.26. The number of hydrogen-bond donors (Lipinski definition) is 1. The Hall–Kier alpha value is -0.830. The molecule has 0 bridgehead atoms. The molecule has 0 saturated heterocycles. The Balaban J connectivity index is 2.48. The second-order valence-corrected chi connectivity index (χ2v) is 3.60. The van der Waals surface area contributed by atoms with Crippen LogP contribution in [0.25, 0.3) is 0 Å². The van der Waals surface area contributed by atoms with Crippen LogP contribution in [0.1, 0.15) is 26.0 Å². The summed E-state index contributed by atoms with van der Waals surface area (Å²) in [5, 5.41) is 8.87. The van der Waals surface area contributed by atoms with Gasteiger partial charge in [0, 0.05) is 19.3 Å². The number of aromatic nitrogens is 2.